The van der Waals surface area contributed by atoms with Crippen LogP contribution in [-0.2, 0) is 32.2 Å². The Labute approximate surface area is 238 Å². The molecular weight excluding hydrogens is 484 g/mol. The molecule has 2 aromatic rings. The lowest BCUT2D eigenvalue weighted by Gasteiger charge is -2.27. The Morgan fingerprint density at radius 3 is 1.74 bits per heavy atom. The van der Waals surface area contributed by atoms with Gasteiger partial charge in [-0.25, -0.2) is 0 Å². The van der Waals surface area contributed by atoms with Gasteiger partial charge in [0.1, 0.15) is 12.2 Å². The predicted octanol–water partition coefficient (Wildman–Crippen LogP) is 9.40. The van der Waals surface area contributed by atoms with Gasteiger partial charge in [0.25, 0.3) is 0 Å². The maximum atomic E-state index is 6.54. The lowest BCUT2D eigenvalue weighted by atomic mass is 10.00. The lowest BCUT2D eigenvalue weighted by Crippen LogP contribution is -2.39. The summed E-state index contributed by atoms with van der Waals surface area (Å²) in [5, 5.41) is 0. The van der Waals surface area contributed by atoms with Crippen molar-refractivity contribution in [2.45, 2.75) is 142 Å². The Hall–Kier alpha value is -1.72. The average molecular weight is 539 g/mol. The summed E-state index contributed by atoms with van der Waals surface area (Å²) in [6, 6.07) is 20.7. The summed E-state index contributed by atoms with van der Waals surface area (Å²) in [7, 11) is 0. The van der Waals surface area contributed by atoms with E-state index in [1.165, 1.54) is 81.8 Å². The van der Waals surface area contributed by atoms with E-state index in [4.69, 9.17) is 18.9 Å². The van der Waals surface area contributed by atoms with Crippen molar-refractivity contribution in [2.24, 2.45) is 0 Å². The molecule has 0 spiro atoms. The molecule has 3 atom stereocenters. The highest BCUT2D eigenvalue weighted by atomic mass is 16.8. The first-order valence-corrected chi connectivity index (χ1v) is 15.7. The van der Waals surface area contributed by atoms with E-state index in [9.17, 15) is 0 Å². The Kier molecular flexibility index (Phi) is 15.2. The van der Waals surface area contributed by atoms with E-state index in [-0.39, 0.29) is 18.3 Å². The number of hydrogen-bond donors (Lipinski definition) is 0. The summed E-state index contributed by atoms with van der Waals surface area (Å²) >= 11 is 0. The van der Waals surface area contributed by atoms with Crippen LogP contribution in [0.15, 0.2) is 60.7 Å². The van der Waals surface area contributed by atoms with Gasteiger partial charge in [-0.2, -0.15) is 0 Å². The maximum Gasteiger partial charge on any atom is 0.164 e. The van der Waals surface area contributed by atoms with E-state index in [0.29, 0.717) is 19.8 Å². The van der Waals surface area contributed by atoms with Crippen LogP contribution in [0, 0.1) is 0 Å². The Morgan fingerprint density at radius 1 is 0.667 bits per heavy atom. The number of hydrogen-bond acceptors (Lipinski definition) is 4. The van der Waals surface area contributed by atoms with E-state index in [1.54, 1.807) is 0 Å². The van der Waals surface area contributed by atoms with Crippen molar-refractivity contribution in [1.82, 2.24) is 0 Å². The van der Waals surface area contributed by atoms with Gasteiger partial charge in [-0.3, -0.25) is 0 Å². The SMILES string of the molecule is CCCCCCCCCCCCCC[C@H](OCc1ccccc1)[C@H]1OC(C)(C)O[C@@H]1COCc1ccccc1. The van der Waals surface area contributed by atoms with Crippen molar-refractivity contribution in [3.05, 3.63) is 71.8 Å². The molecule has 0 radical (unpaired) electrons. The van der Waals surface area contributed by atoms with Gasteiger partial charge < -0.3 is 18.9 Å². The van der Waals surface area contributed by atoms with Crippen LogP contribution in [0.3, 0.4) is 0 Å². The second kappa shape index (κ2) is 18.6. The Bertz CT molecular complexity index is 853. The van der Waals surface area contributed by atoms with Gasteiger partial charge in [0.05, 0.1) is 25.9 Å². The van der Waals surface area contributed by atoms with Crippen LogP contribution >= 0.6 is 0 Å². The average Bonchev–Trinajstić information content (AvgIpc) is 3.26. The van der Waals surface area contributed by atoms with Crippen LogP contribution in [-0.4, -0.2) is 30.7 Å². The molecule has 1 heterocycles. The zero-order valence-corrected chi connectivity index (χ0v) is 25.0. The molecule has 39 heavy (non-hydrogen) atoms. The largest absolute Gasteiger partial charge is 0.374 e. The van der Waals surface area contributed by atoms with Crippen LogP contribution in [0.2, 0.25) is 0 Å². The summed E-state index contributed by atoms with van der Waals surface area (Å²) in [5.41, 5.74) is 2.35. The van der Waals surface area contributed by atoms with Crippen molar-refractivity contribution < 1.29 is 18.9 Å². The maximum absolute atomic E-state index is 6.54. The molecule has 0 aromatic heterocycles. The topological polar surface area (TPSA) is 36.9 Å². The van der Waals surface area contributed by atoms with Gasteiger partial charge in [-0.1, -0.05) is 145 Å². The third kappa shape index (κ3) is 13.0. The molecule has 1 saturated heterocycles. The van der Waals surface area contributed by atoms with Gasteiger partial charge in [0, 0.05) is 0 Å². The first-order chi connectivity index (χ1) is 19.1. The molecule has 0 N–H and O–H groups in total. The van der Waals surface area contributed by atoms with Gasteiger partial charge in [-0.05, 0) is 31.4 Å². The van der Waals surface area contributed by atoms with E-state index < -0.39 is 5.79 Å². The molecule has 218 valence electrons. The van der Waals surface area contributed by atoms with Gasteiger partial charge in [0.2, 0.25) is 0 Å². The molecular formula is C35H54O4. The lowest BCUT2D eigenvalue weighted by molar-refractivity contribution is -0.163. The molecule has 1 aliphatic rings. The molecule has 0 saturated carbocycles. The molecule has 0 aliphatic carbocycles. The summed E-state index contributed by atoms with van der Waals surface area (Å²) < 4.78 is 25.4. The molecule has 3 rings (SSSR count). The Balaban J connectivity index is 1.45. The smallest absolute Gasteiger partial charge is 0.164 e. The minimum atomic E-state index is -0.643. The second-order valence-electron chi connectivity index (χ2n) is 11.7. The van der Waals surface area contributed by atoms with Gasteiger partial charge in [-0.15, -0.1) is 0 Å². The molecule has 0 unspecified atom stereocenters. The van der Waals surface area contributed by atoms with Gasteiger partial charge in [0.15, 0.2) is 5.79 Å². The summed E-state index contributed by atoms with van der Waals surface area (Å²) in [6.45, 7) is 7.92. The predicted molar refractivity (Wildman–Crippen MR) is 161 cm³/mol. The molecule has 1 aliphatic heterocycles. The number of ether oxygens (including phenoxy) is 4. The first-order valence-electron chi connectivity index (χ1n) is 15.7. The third-order valence-electron chi connectivity index (χ3n) is 7.63. The van der Waals surface area contributed by atoms with Crippen LogP contribution < -0.4 is 0 Å². The van der Waals surface area contributed by atoms with Gasteiger partial charge >= 0.3 is 0 Å². The summed E-state index contributed by atoms with van der Waals surface area (Å²) in [4.78, 5) is 0. The standard InChI is InChI=1S/C35H54O4/c1-4-5-6-7-8-9-10-11-12-13-14-21-26-32(37-28-31-24-19-16-20-25-31)34-33(38-35(2,3)39-34)29-36-27-30-22-17-15-18-23-30/h15-20,22-25,32-34H,4-14,21,26-29H2,1-3H3/t32-,33+,34+/m0/s1. The van der Waals surface area contributed by atoms with Crippen LogP contribution in [0.25, 0.3) is 0 Å². The van der Waals surface area contributed by atoms with Crippen molar-refractivity contribution in [2.75, 3.05) is 6.61 Å². The highest BCUT2D eigenvalue weighted by Crippen LogP contribution is 2.33. The Morgan fingerprint density at radius 2 is 1.18 bits per heavy atom. The first kappa shape index (κ1) is 31.8. The third-order valence-corrected chi connectivity index (χ3v) is 7.63. The minimum absolute atomic E-state index is 0.0274. The fourth-order valence-corrected chi connectivity index (χ4v) is 5.48. The number of unbranched alkanes of at least 4 members (excludes halogenated alkanes) is 11. The fraction of sp³-hybridized carbons (Fsp3) is 0.657. The zero-order chi connectivity index (χ0) is 27.6. The van der Waals surface area contributed by atoms with Crippen molar-refractivity contribution in [3.63, 3.8) is 0 Å². The van der Waals surface area contributed by atoms with Crippen molar-refractivity contribution >= 4 is 0 Å². The van der Waals surface area contributed by atoms with E-state index >= 15 is 0 Å². The second-order valence-corrected chi connectivity index (χ2v) is 11.7. The van der Waals surface area contributed by atoms with Crippen LogP contribution in [0.5, 0.6) is 0 Å². The van der Waals surface area contributed by atoms with Crippen molar-refractivity contribution in [3.8, 4) is 0 Å². The molecule has 0 amide bonds. The van der Waals surface area contributed by atoms with E-state index in [2.05, 4.69) is 43.3 Å². The highest BCUT2D eigenvalue weighted by Gasteiger charge is 2.45. The van der Waals surface area contributed by atoms with Crippen molar-refractivity contribution in [1.29, 1.82) is 0 Å². The number of rotatable bonds is 21. The van der Waals surface area contributed by atoms with E-state index in [0.717, 1.165) is 12.8 Å². The summed E-state index contributed by atoms with van der Waals surface area (Å²) in [5.74, 6) is -0.643. The zero-order valence-electron chi connectivity index (χ0n) is 25.0. The molecule has 2 aromatic carbocycles. The molecule has 4 nitrogen and oxygen atoms in total. The quantitative estimate of drug-likeness (QED) is 0.148. The molecule has 1 fully saturated rings. The fourth-order valence-electron chi connectivity index (χ4n) is 5.48. The monoisotopic (exact) mass is 538 g/mol. The van der Waals surface area contributed by atoms with E-state index in [1.807, 2.05) is 38.1 Å². The number of benzene rings is 2. The molecule has 4 heteroatoms. The minimum Gasteiger partial charge on any atom is -0.374 e. The molecule has 0 bridgehead atoms. The van der Waals surface area contributed by atoms with Crippen LogP contribution in [0.1, 0.15) is 115 Å². The highest BCUT2D eigenvalue weighted by molar-refractivity contribution is 5.14. The normalized spacial score (nSPS) is 19.4. The summed E-state index contributed by atoms with van der Waals surface area (Å²) in [6.07, 6.45) is 16.8. The van der Waals surface area contributed by atoms with Crippen LogP contribution in [0.4, 0.5) is 0 Å².